The minimum absolute atomic E-state index is 0.192. The molecule has 1 heterocycles. The molecule has 0 aliphatic rings. The van der Waals surface area contributed by atoms with Gasteiger partial charge in [0.2, 0.25) is 0 Å². The zero-order valence-electron chi connectivity index (χ0n) is 11.4. The van der Waals surface area contributed by atoms with Crippen molar-refractivity contribution in [2.75, 3.05) is 11.8 Å². The third-order valence-electron chi connectivity index (χ3n) is 2.92. The van der Waals surface area contributed by atoms with Crippen LogP contribution in [-0.2, 0) is 10.0 Å². The van der Waals surface area contributed by atoms with Crippen LogP contribution in [0.1, 0.15) is 0 Å². The molecule has 5 nitrogen and oxygen atoms in total. The largest absolute Gasteiger partial charge is 0.473 e. The molecule has 0 saturated heterocycles. The number of nitrogens with zero attached hydrogens (tertiary/aromatic N) is 1. The number of hydrogen-bond acceptors (Lipinski definition) is 5. The lowest BCUT2D eigenvalue weighted by Gasteiger charge is -2.09. The Kier molecular flexibility index (Phi) is 4.07. The Labute approximate surface area is 140 Å². The molecule has 0 spiro atoms. The number of rotatable bonds is 4. The van der Waals surface area contributed by atoms with Crippen LogP contribution in [0.5, 0.6) is 5.19 Å². The Hall–Kier alpha value is -1.64. The molecule has 0 bridgehead atoms. The second-order valence-corrected chi connectivity index (χ2v) is 7.90. The highest BCUT2D eigenvalue weighted by atomic mass is 79.9. The number of thiazole rings is 1. The van der Waals surface area contributed by atoms with Gasteiger partial charge in [-0.05, 0) is 46.3 Å². The van der Waals surface area contributed by atoms with Crippen LogP contribution in [0.3, 0.4) is 0 Å². The summed E-state index contributed by atoms with van der Waals surface area (Å²) in [4.78, 5) is 4.44. The van der Waals surface area contributed by atoms with Crippen LogP contribution in [0.25, 0.3) is 10.2 Å². The molecule has 1 N–H and O–H groups in total. The second kappa shape index (κ2) is 5.86. The molecule has 0 atom stereocenters. The molecule has 22 heavy (non-hydrogen) atoms. The van der Waals surface area contributed by atoms with Crippen molar-refractivity contribution in [2.24, 2.45) is 0 Å². The lowest BCUT2D eigenvalue weighted by molar-refractivity contribution is 0.413. The van der Waals surface area contributed by atoms with E-state index in [1.54, 1.807) is 49.6 Å². The van der Waals surface area contributed by atoms with E-state index in [-0.39, 0.29) is 4.90 Å². The summed E-state index contributed by atoms with van der Waals surface area (Å²) in [6.07, 6.45) is 0. The van der Waals surface area contributed by atoms with Gasteiger partial charge in [-0.2, -0.15) is 0 Å². The third-order valence-corrected chi connectivity index (χ3v) is 6.29. The van der Waals surface area contributed by atoms with E-state index in [1.165, 1.54) is 11.3 Å². The van der Waals surface area contributed by atoms with Crippen LogP contribution in [0.2, 0.25) is 0 Å². The number of methoxy groups -OCH3 is 1. The number of fused-ring (bicyclic) bond motifs is 1. The SMILES string of the molecule is COc1nc2ccc(NS(=O)(=O)c3ccccc3Br)cc2s1. The summed E-state index contributed by atoms with van der Waals surface area (Å²) in [6.45, 7) is 0. The fourth-order valence-corrected chi connectivity index (χ4v) is 4.80. The quantitative estimate of drug-likeness (QED) is 0.723. The summed E-state index contributed by atoms with van der Waals surface area (Å²) < 4.78 is 33.9. The monoisotopic (exact) mass is 398 g/mol. The Balaban J connectivity index is 1.97. The fourth-order valence-electron chi connectivity index (χ4n) is 1.93. The Morgan fingerprint density at radius 1 is 1.23 bits per heavy atom. The summed E-state index contributed by atoms with van der Waals surface area (Å²) in [5, 5.41) is 0.542. The summed E-state index contributed by atoms with van der Waals surface area (Å²) in [6, 6.07) is 11.8. The van der Waals surface area contributed by atoms with E-state index in [9.17, 15) is 8.42 Å². The first-order chi connectivity index (χ1) is 10.5. The minimum atomic E-state index is -3.66. The smallest absolute Gasteiger partial charge is 0.274 e. The molecule has 0 amide bonds. The number of sulfonamides is 1. The maximum absolute atomic E-state index is 12.4. The van der Waals surface area contributed by atoms with Gasteiger partial charge in [0, 0.05) is 4.47 Å². The summed E-state index contributed by atoms with van der Waals surface area (Å²) in [5.74, 6) is 0. The highest BCUT2D eigenvalue weighted by molar-refractivity contribution is 9.10. The number of halogens is 1. The van der Waals surface area contributed by atoms with Crippen molar-refractivity contribution in [1.82, 2.24) is 4.98 Å². The Morgan fingerprint density at radius 3 is 2.73 bits per heavy atom. The average molecular weight is 399 g/mol. The molecule has 0 fully saturated rings. The van der Waals surface area contributed by atoms with Crippen molar-refractivity contribution in [3.8, 4) is 5.19 Å². The van der Waals surface area contributed by atoms with Crippen molar-refractivity contribution in [1.29, 1.82) is 0 Å². The lowest BCUT2D eigenvalue weighted by atomic mass is 10.3. The van der Waals surface area contributed by atoms with Crippen molar-refractivity contribution >= 4 is 53.2 Å². The zero-order valence-corrected chi connectivity index (χ0v) is 14.6. The standard InChI is InChI=1S/C14H11BrN2O3S2/c1-20-14-16-11-7-6-9(8-12(11)21-14)17-22(18,19)13-5-3-2-4-10(13)15/h2-8,17H,1H3. The summed E-state index contributed by atoms with van der Waals surface area (Å²) in [7, 11) is -2.11. The number of anilines is 1. The predicted molar refractivity (Wildman–Crippen MR) is 91.1 cm³/mol. The number of nitrogens with one attached hydrogen (secondary N) is 1. The molecule has 0 saturated carbocycles. The minimum Gasteiger partial charge on any atom is -0.473 e. The molecule has 3 rings (SSSR count). The van der Waals surface area contributed by atoms with Crippen LogP contribution in [0, 0.1) is 0 Å². The van der Waals surface area contributed by atoms with Gasteiger partial charge in [0.15, 0.2) is 0 Å². The first kappa shape index (κ1) is 15.3. The van der Waals surface area contributed by atoms with E-state index >= 15 is 0 Å². The van der Waals surface area contributed by atoms with Gasteiger partial charge >= 0.3 is 0 Å². The van der Waals surface area contributed by atoms with Crippen molar-refractivity contribution in [3.63, 3.8) is 0 Å². The molecular formula is C14H11BrN2O3S2. The molecule has 3 aromatic rings. The van der Waals surface area contributed by atoms with Gasteiger partial charge in [0.05, 0.1) is 23.0 Å². The normalized spacial score (nSPS) is 11.5. The van der Waals surface area contributed by atoms with Crippen LogP contribution < -0.4 is 9.46 Å². The molecule has 114 valence electrons. The molecule has 0 radical (unpaired) electrons. The van der Waals surface area contributed by atoms with Crippen LogP contribution >= 0.6 is 27.3 Å². The summed E-state index contributed by atoms with van der Waals surface area (Å²) >= 11 is 4.61. The number of hydrogen-bond donors (Lipinski definition) is 1. The van der Waals surface area contributed by atoms with E-state index < -0.39 is 10.0 Å². The highest BCUT2D eigenvalue weighted by Gasteiger charge is 2.17. The number of aromatic nitrogens is 1. The van der Waals surface area contributed by atoms with Crippen LogP contribution in [-0.4, -0.2) is 20.5 Å². The number of benzene rings is 2. The zero-order chi connectivity index (χ0) is 15.7. The van der Waals surface area contributed by atoms with Gasteiger partial charge in [-0.25, -0.2) is 13.4 Å². The van der Waals surface area contributed by atoms with Gasteiger partial charge in [0.25, 0.3) is 15.2 Å². The van der Waals surface area contributed by atoms with Crippen molar-refractivity contribution in [2.45, 2.75) is 4.90 Å². The molecule has 8 heteroatoms. The first-order valence-electron chi connectivity index (χ1n) is 6.21. The molecule has 1 aromatic heterocycles. The topological polar surface area (TPSA) is 68.3 Å². The van der Waals surface area contributed by atoms with Gasteiger partial charge in [-0.3, -0.25) is 4.72 Å². The van der Waals surface area contributed by atoms with Gasteiger partial charge in [-0.15, -0.1) is 0 Å². The Bertz CT molecular complexity index is 938. The van der Waals surface area contributed by atoms with Crippen LogP contribution in [0.15, 0.2) is 51.8 Å². The molecule has 2 aromatic carbocycles. The molecule has 0 aliphatic carbocycles. The highest BCUT2D eigenvalue weighted by Crippen LogP contribution is 2.31. The van der Waals surface area contributed by atoms with E-state index in [4.69, 9.17) is 4.74 Å². The first-order valence-corrected chi connectivity index (χ1v) is 9.31. The van der Waals surface area contributed by atoms with E-state index in [1.807, 2.05) is 0 Å². The van der Waals surface area contributed by atoms with E-state index in [0.717, 1.165) is 10.2 Å². The fraction of sp³-hybridized carbons (Fsp3) is 0.0714. The maximum atomic E-state index is 12.4. The van der Waals surface area contributed by atoms with Crippen LogP contribution in [0.4, 0.5) is 5.69 Å². The summed E-state index contributed by atoms with van der Waals surface area (Å²) in [5.41, 5.74) is 1.25. The second-order valence-electron chi connectivity index (χ2n) is 4.40. The predicted octanol–water partition coefficient (Wildman–Crippen LogP) is 3.87. The van der Waals surface area contributed by atoms with E-state index in [0.29, 0.717) is 15.4 Å². The molecule has 0 aliphatic heterocycles. The van der Waals surface area contributed by atoms with Gasteiger partial charge in [-0.1, -0.05) is 23.5 Å². The van der Waals surface area contributed by atoms with Crippen molar-refractivity contribution < 1.29 is 13.2 Å². The molecular weight excluding hydrogens is 388 g/mol. The third kappa shape index (κ3) is 2.94. The van der Waals surface area contributed by atoms with Gasteiger partial charge < -0.3 is 4.74 Å². The number of ether oxygens (including phenoxy) is 1. The lowest BCUT2D eigenvalue weighted by Crippen LogP contribution is -2.13. The maximum Gasteiger partial charge on any atom is 0.274 e. The van der Waals surface area contributed by atoms with Gasteiger partial charge in [0.1, 0.15) is 4.90 Å². The van der Waals surface area contributed by atoms with Crippen molar-refractivity contribution in [3.05, 3.63) is 46.9 Å². The molecule has 0 unspecified atom stereocenters. The Morgan fingerprint density at radius 2 is 2.00 bits per heavy atom. The van der Waals surface area contributed by atoms with E-state index in [2.05, 4.69) is 25.6 Å². The average Bonchev–Trinajstić information content (AvgIpc) is 2.89.